The van der Waals surface area contributed by atoms with Crippen molar-refractivity contribution in [2.75, 3.05) is 20.3 Å². The second-order valence-electron chi connectivity index (χ2n) is 5.46. The van der Waals surface area contributed by atoms with E-state index in [0.717, 1.165) is 18.4 Å². The van der Waals surface area contributed by atoms with Gasteiger partial charge >= 0.3 is 0 Å². The van der Waals surface area contributed by atoms with Crippen LogP contribution >= 0.6 is 0 Å². The van der Waals surface area contributed by atoms with E-state index < -0.39 is 0 Å². The van der Waals surface area contributed by atoms with Gasteiger partial charge in [0.05, 0.1) is 6.61 Å². The van der Waals surface area contributed by atoms with Gasteiger partial charge in [0.2, 0.25) is 5.91 Å². The monoisotopic (exact) mass is 289 g/mol. The van der Waals surface area contributed by atoms with Crippen molar-refractivity contribution in [3.63, 3.8) is 0 Å². The number of ether oxygens (including phenoxy) is 1. The van der Waals surface area contributed by atoms with Crippen molar-refractivity contribution in [1.29, 1.82) is 0 Å². The molecule has 2 rings (SSSR count). The quantitative estimate of drug-likeness (QED) is 0.619. The SMILES string of the molecule is COCCNC(=O)CCC(=O)c1ccc2c(c1)CCCC2. The highest BCUT2D eigenvalue weighted by Crippen LogP contribution is 2.22. The molecule has 0 heterocycles. The van der Waals surface area contributed by atoms with Crippen LogP contribution in [0.2, 0.25) is 0 Å². The van der Waals surface area contributed by atoms with Crippen LogP contribution in [0.1, 0.15) is 47.2 Å². The van der Waals surface area contributed by atoms with Crippen molar-refractivity contribution in [3.05, 3.63) is 34.9 Å². The summed E-state index contributed by atoms with van der Waals surface area (Å²) >= 11 is 0. The van der Waals surface area contributed by atoms with Gasteiger partial charge in [0.1, 0.15) is 0 Å². The molecule has 1 aromatic carbocycles. The second kappa shape index (κ2) is 7.93. The smallest absolute Gasteiger partial charge is 0.220 e. The minimum absolute atomic E-state index is 0.0465. The predicted octanol–water partition coefficient (Wildman–Crippen LogP) is 2.29. The number of aryl methyl sites for hydroxylation is 2. The maximum absolute atomic E-state index is 12.2. The van der Waals surface area contributed by atoms with Crippen molar-refractivity contribution < 1.29 is 14.3 Å². The van der Waals surface area contributed by atoms with Crippen LogP contribution in [0.25, 0.3) is 0 Å². The number of carbonyl (C=O) groups excluding carboxylic acids is 2. The molecule has 1 aromatic rings. The van der Waals surface area contributed by atoms with Gasteiger partial charge in [-0.15, -0.1) is 0 Å². The summed E-state index contributed by atoms with van der Waals surface area (Å²) in [6.07, 6.45) is 5.12. The van der Waals surface area contributed by atoms with Crippen molar-refractivity contribution in [3.8, 4) is 0 Å². The number of fused-ring (bicyclic) bond motifs is 1. The van der Waals surface area contributed by atoms with Crippen molar-refractivity contribution in [1.82, 2.24) is 5.32 Å². The number of hydrogen-bond donors (Lipinski definition) is 1. The van der Waals surface area contributed by atoms with E-state index in [1.807, 2.05) is 12.1 Å². The first-order valence-corrected chi connectivity index (χ1v) is 7.61. The molecular formula is C17H23NO3. The highest BCUT2D eigenvalue weighted by Gasteiger charge is 2.13. The fourth-order valence-electron chi connectivity index (χ4n) is 2.66. The fourth-order valence-corrected chi connectivity index (χ4v) is 2.66. The first kappa shape index (κ1) is 15.7. The number of nitrogens with one attached hydrogen (secondary N) is 1. The van der Waals surface area contributed by atoms with E-state index in [-0.39, 0.29) is 24.5 Å². The normalized spacial score (nSPS) is 13.6. The molecule has 0 bridgehead atoms. The zero-order valence-corrected chi connectivity index (χ0v) is 12.6. The minimum Gasteiger partial charge on any atom is -0.383 e. The highest BCUT2D eigenvalue weighted by molar-refractivity contribution is 5.98. The molecule has 1 amide bonds. The van der Waals surface area contributed by atoms with Crippen molar-refractivity contribution >= 4 is 11.7 Å². The third kappa shape index (κ3) is 4.67. The van der Waals surface area contributed by atoms with E-state index in [1.54, 1.807) is 7.11 Å². The Morgan fingerprint density at radius 1 is 1.14 bits per heavy atom. The van der Waals surface area contributed by atoms with E-state index in [0.29, 0.717) is 13.2 Å². The predicted molar refractivity (Wildman–Crippen MR) is 81.5 cm³/mol. The molecule has 0 unspecified atom stereocenters. The molecule has 4 heteroatoms. The van der Waals surface area contributed by atoms with Crippen LogP contribution in [-0.2, 0) is 22.4 Å². The summed E-state index contributed by atoms with van der Waals surface area (Å²) in [6, 6.07) is 5.98. The van der Waals surface area contributed by atoms with Crippen LogP contribution in [0.5, 0.6) is 0 Å². The Hall–Kier alpha value is -1.68. The standard InChI is InChI=1S/C17H23NO3/c1-21-11-10-18-17(20)9-8-16(19)15-7-6-13-4-2-3-5-14(13)12-15/h6-7,12H,2-5,8-11H2,1H3,(H,18,20). The summed E-state index contributed by atoms with van der Waals surface area (Å²) in [6.45, 7) is 0.979. The van der Waals surface area contributed by atoms with Gasteiger partial charge in [-0.3, -0.25) is 9.59 Å². The molecule has 0 fully saturated rings. The molecular weight excluding hydrogens is 266 g/mol. The molecule has 4 nitrogen and oxygen atoms in total. The van der Waals surface area contributed by atoms with E-state index in [4.69, 9.17) is 4.74 Å². The van der Waals surface area contributed by atoms with Crippen LogP contribution in [-0.4, -0.2) is 32.0 Å². The highest BCUT2D eigenvalue weighted by atomic mass is 16.5. The Morgan fingerprint density at radius 2 is 1.90 bits per heavy atom. The molecule has 0 radical (unpaired) electrons. The van der Waals surface area contributed by atoms with Gasteiger partial charge in [-0.1, -0.05) is 12.1 Å². The third-order valence-corrected chi connectivity index (χ3v) is 3.88. The lowest BCUT2D eigenvalue weighted by molar-refractivity contribution is -0.121. The molecule has 0 aromatic heterocycles. The summed E-state index contributed by atoms with van der Waals surface area (Å²) in [4.78, 5) is 23.7. The lowest BCUT2D eigenvalue weighted by Gasteiger charge is -2.16. The molecule has 114 valence electrons. The topological polar surface area (TPSA) is 55.4 Å². The van der Waals surface area contributed by atoms with Gasteiger partial charge in [0.25, 0.3) is 0 Å². The number of methoxy groups -OCH3 is 1. The zero-order chi connectivity index (χ0) is 15.1. The average molecular weight is 289 g/mol. The average Bonchev–Trinajstić information content (AvgIpc) is 2.52. The number of benzene rings is 1. The number of carbonyl (C=O) groups is 2. The first-order valence-electron chi connectivity index (χ1n) is 7.61. The van der Waals surface area contributed by atoms with Gasteiger partial charge in [0.15, 0.2) is 5.78 Å². The maximum Gasteiger partial charge on any atom is 0.220 e. The van der Waals surface area contributed by atoms with Crippen LogP contribution in [0, 0.1) is 0 Å². The Labute approximate surface area is 125 Å². The number of amides is 1. The summed E-state index contributed by atoms with van der Waals surface area (Å²) < 4.78 is 4.86. The lowest BCUT2D eigenvalue weighted by atomic mass is 9.89. The molecule has 0 spiro atoms. The zero-order valence-electron chi connectivity index (χ0n) is 12.6. The molecule has 1 N–H and O–H groups in total. The van der Waals surface area contributed by atoms with Crippen LogP contribution in [0.15, 0.2) is 18.2 Å². The van der Waals surface area contributed by atoms with Crippen LogP contribution in [0.4, 0.5) is 0 Å². The van der Waals surface area contributed by atoms with Crippen molar-refractivity contribution in [2.24, 2.45) is 0 Å². The number of hydrogen-bond acceptors (Lipinski definition) is 3. The molecule has 0 aliphatic heterocycles. The Bertz CT molecular complexity index is 511. The molecule has 1 aliphatic rings. The fraction of sp³-hybridized carbons (Fsp3) is 0.529. The van der Waals surface area contributed by atoms with Crippen LogP contribution < -0.4 is 5.32 Å². The Balaban J connectivity index is 1.84. The summed E-state index contributed by atoms with van der Waals surface area (Å²) in [5.41, 5.74) is 3.41. The lowest BCUT2D eigenvalue weighted by Crippen LogP contribution is -2.27. The van der Waals surface area contributed by atoms with E-state index in [9.17, 15) is 9.59 Å². The third-order valence-electron chi connectivity index (χ3n) is 3.88. The molecule has 0 atom stereocenters. The maximum atomic E-state index is 12.2. The number of ketones is 1. The summed E-state index contributed by atoms with van der Waals surface area (Å²) in [7, 11) is 1.59. The summed E-state index contributed by atoms with van der Waals surface area (Å²) in [5, 5.41) is 2.72. The molecule has 0 saturated carbocycles. The Morgan fingerprint density at radius 3 is 2.67 bits per heavy atom. The van der Waals surface area contributed by atoms with Gasteiger partial charge in [-0.2, -0.15) is 0 Å². The van der Waals surface area contributed by atoms with E-state index in [1.165, 1.54) is 24.0 Å². The number of rotatable bonds is 7. The number of Topliss-reactive ketones (excluding diaryl/α,β-unsaturated/α-hetero) is 1. The van der Waals surface area contributed by atoms with Crippen molar-refractivity contribution in [2.45, 2.75) is 38.5 Å². The van der Waals surface area contributed by atoms with E-state index >= 15 is 0 Å². The molecule has 1 aliphatic carbocycles. The second-order valence-corrected chi connectivity index (χ2v) is 5.46. The van der Waals surface area contributed by atoms with Gasteiger partial charge in [0, 0.05) is 32.1 Å². The van der Waals surface area contributed by atoms with E-state index in [2.05, 4.69) is 11.4 Å². The minimum atomic E-state index is -0.0987. The van der Waals surface area contributed by atoms with Gasteiger partial charge in [-0.05, 0) is 42.9 Å². The van der Waals surface area contributed by atoms with Crippen LogP contribution in [0.3, 0.4) is 0 Å². The largest absolute Gasteiger partial charge is 0.383 e. The molecule has 21 heavy (non-hydrogen) atoms. The molecule has 0 saturated heterocycles. The Kier molecular flexibility index (Phi) is 5.93. The van der Waals surface area contributed by atoms with Gasteiger partial charge < -0.3 is 10.1 Å². The van der Waals surface area contributed by atoms with Gasteiger partial charge in [-0.25, -0.2) is 0 Å². The first-order chi connectivity index (χ1) is 10.2. The summed E-state index contributed by atoms with van der Waals surface area (Å²) in [5.74, 6) is -0.0522.